The Kier molecular flexibility index (Phi) is 3.12. The van der Waals surface area contributed by atoms with Gasteiger partial charge in [0.05, 0.1) is 10.7 Å². The number of carbonyl (C=O) groups is 1. The fourth-order valence-corrected chi connectivity index (χ4v) is 2.64. The van der Waals surface area contributed by atoms with Crippen LogP contribution in [0.5, 0.6) is 0 Å². The molecule has 17 heavy (non-hydrogen) atoms. The Hall–Kier alpha value is -1.47. The molecule has 0 atom stereocenters. The van der Waals surface area contributed by atoms with Crippen LogP contribution in [0.1, 0.15) is 5.56 Å². The third-order valence-corrected chi connectivity index (χ3v) is 3.68. The fraction of sp³-hybridized carbons (Fsp3) is 0.200. The third-order valence-electron chi connectivity index (χ3n) is 2.32. The minimum atomic E-state index is -0.499. The van der Waals surface area contributed by atoms with E-state index < -0.39 is 4.92 Å². The maximum Gasteiger partial charge on any atom is 0.293 e. The lowest BCUT2D eigenvalue weighted by molar-refractivity contribution is -0.384. The lowest BCUT2D eigenvalue weighted by Crippen LogP contribution is -2.28. The summed E-state index contributed by atoms with van der Waals surface area (Å²) in [5, 5.41) is 11.0. The number of nitro groups is 1. The number of thiocarbonyl (C=S) groups is 1. The Morgan fingerprint density at radius 1 is 1.53 bits per heavy atom. The maximum absolute atomic E-state index is 11.6. The molecule has 1 aromatic carbocycles. The molecule has 7 heteroatoms. The Labute approximate surface area is 107 Å². The van der Waals surface area contributed by atoms with Gasteiger partial charge >= 0.3 is 0 Å². The highest BCUT2D eigenvalue weighted by Crippen LogP contribution is 2.34. The zero-order chi connectivity index (χ0) is 12.6. The molecule has 0 N–H and O–H groups in total. The van der Waals surface area contributed by atoms with E-state index in [4.69, 9.17) is 12.2 Å². The van der Waals surface area contributed by atoms with Crippen molar-refractivity contribution in [3.8, 4) is 0 Å². The quantitative estimate of drug-likeness (QED) is 0.467. The number of nitrogens with zero attached hydrogens (tertiary/aromatic N) is 2. The van der Waals surface area contributed by atoms with Gasteiger partial charge in [-0.3, -0.25) is 19.8 Å². The molecule has 0 radical (unpaired) electrons. The van der Waals surface area contributed by atoms with E-state index in [9.17, 15) is 14.9 Å². The number of thioether (sulfide) groups is 1. The summed E-state index contributed by atoms with van der Waals surface area (Å²) in [5.41, 5.74) is 0.925. The van der Waals surface area contributed by atoms with Crippen molar-refractivity contribution >= 4 is 45.6 Å². The molecule has 1 saturated heterocycles. The first kappa shape index (κ1) is 12.0. The normalized spacial score (nSPS) is 15.5. The average Bonchev–Trinajstić information content (AvgIpc) is 2.59. The number of anilines is 1. The summed E-state index contributed by atoms with van der Waals surface area (Å²) in [5.74, 6) is 0.0242. The Morgan fingerprint density at radius 2 is 2.24 bits per heavy atom. The largest absolute Gasteiger partial charge is 0.293 e. The Bertz CT molecular complexity index is 514. The molecule has 5 nitrogen and oxygen atoms in total. The molecule has 2 rings (SSSR count). The maximum atomic E-state index is 11.6. The topological polar surface area (TPSA) is 63.5 Å². The average molecular weight is 268 g/mol. The summed E-state index contributed by atoms with van der Waals surface area (Å²) >= 11 is 6.24. The molecule has 1 heterocycles. The zero-order valence-corrected chi connectivity index (χ0v) is 10.5. The lowest BCUT2D eigenvalue weighted by atomic mass is 10.2. The second kappa shape index (κ2) is 4.42. The van der Waals surface area contributed by atoms with Crippen molar-refractivity contribution < 1.29 is 9.72 Å². The van der Waals surface area contributed by atoms with Crippen LogP contribution in [0.25, 0.3) is 0 Å². The van der Waals surface area contributed by atoms with Gasteiger partial charge in [0.25, 0.3) is 5.69 Å². The van der Waals surface area contributed by atoms with Crippen molar-refractivity contribution in [2.24, 2.45) is 0 Å². The Balaban J connectivity index is 2.55. The number of benzene rings is 1. The molecule has 0 aliphatic carbocycles. The number of carbonyl (C=O) groups excluding carboxylic acids is 1. The molecule has 0 saturated carbocycles. The molecule has 1 aliphatic heterocycles. The molecule has 1 fully saturated rings. The van der Waals surface area contributed by atoms with Crippen LogP contribution in [-0.4, -0.2) is 20.9 Å². The van der Waals surface area contributed by atoms with Gasteiger partial charge in [-0.2, -0.15) is 0 Å². The van der Waals surface area contributed by atoms with Crippen LogP contribution in [0.4, 0.5) is 11.4 Å². The number of amides is 1. The highest BCUT2D eigenvalue weighted by Gasteiger charge is 2.32. The van der Waals surface area contributed by atoms with Gasteiger partial charge in [-0.05, 0) is 18.6 Å². The van der Waals surface area contributed by atoms with Crippen LogP contribution >= 0.6 is 24.0 Å². The molecule has 0 aromatic heterocycles. The number of rotatable bonds is 2. The SMILES string of the molecule is Cc1ccc(N2C(=O)CSC2=S)c([N+](=O)[O-])c1. The van der Waals surface area contributed by atoms with Crippen molar-refractivity contribution in [3.63, 3.8) is 0 Å². The molecule has 0 unspecified atom stereocenters. The highest BCUT2D eigenvalue weighted by atomic mass is 32.2. The van der Waals surface area contributed by atoms with Crippen molar-refractivity contribution in [1.29, 1.82) is 0 Å². The number of hydrogen-bond acceptors (Lipinski definition) is 5. The minimum absolute atomic E-state index is 0.0943. The van der Waals surface area contributed by atoms with Crippen LogP contribution in [0, 0.1) is 17.0 Å². The molecule has 0 spiro atoms. The number of hydrogen-bond donors (Lipinski definition) is 0. The molecular formula is C10H8N2O3S2. The van der Waals surface area contributed by atoms with Crippen LogP contribution < -0.4 is 4.90 Å². The van der Waals surface area contributed by atoms with Crippen LogP contribution in [0.3, 0.4) is 0 Å². The molecule has 0 bridgehead atoms. The van der Waals surface area contributed by atoms with Gasteiger partial charge < -0.3 is 0 Å². The predicted octanol–water partition coefficient (Wildman–Crippen LogP) is 2.27. The van der Waals surface area contributed by atoms with Crippen molar-refractivity contribution in [1.82, 2.24) is 0 Å². The molecule has 1 amide bonds. The predicted molar refractivity (Wildman–Crippen MR) is 70.4 cm³/mol. The standard InChI is InChI=1S/C10H8N2O3S2/c1-6-2-3-7(8(4-6)12(14)15)11-9(13)5-17-10(11)16/h2-4H,5H2,1H3. The molecule has 1 aliphatic rings. The van der Waals surface area contributed by atoms with E-state index in [-0.39, 0.29) is 23.0 Å². The van der Waals surface area contributed by atoms with Gasteiger partial charge in [0, 0.05) is 6.07 Å². The summed E-state index contributed by atoms with van der Waals surface area (Å²) in [4.78, 5) is 23.3. The van der Waals surface area contributed by atoms with Crippen LogP contribution in [-0.2, 0) is 4.79 Å². The monoisotopic (exact) mass is 268 g/mol. The van der Waals surface area contributed by atoms with Gasteiger partial charge in [0.2, 0.25) is 5.91 Å². The van der Waals surface area contributed by atoms with Crippen molar-refractivity contribution in [3.05, 3.63) is 33.9 Å². The summed E-state index contributed by atoms with van der Waals surface area (Å²) in [6.45, 7) is 1.76. The highest BCUT2D eigenvalue weighted by molar-refractivity contribution is 8.24. The summed E-state index contributed by atoms with van der Waals surface area (Å²) in [6.07, 6.45) is 0. The second-order valence-electron chi connectivity index (χ2n) is 3.53. The third kappa shape index (κ3) is 2.16. The fourth-order valence-electron chi connectivity index (χ4n) is 1.56. The van der Waals surface area contributed by atoms with Gasteiger partial charge in [-0.15, -0.1) is 0 Å². The number of aryl methyl sites for hydroxylation is 1. The first-order chi connectivity index (χ1) is 8.00. The van der Waals surface area contributed by atoms with Crippen LogP contribution in [0.15, 0.2) is 18.2 Å². The first-order valence-corrected chi connectivity index (χ1v) is 6.15. The van der Waals surface area contributed by atoms with Gasteiger partial charge in [0.15, 0.2) is 0 Å². The molecule has 88 valence electrons. The van der Waals surface area contributed by atoms with E-state index in [1.165, 1.54) is 22.7 Å². The van der Waals surface area contributed by atoms with E-state index in [1.54, 1.807) is 19.1 Å². The van der Waals surface area contributed by atoms with E-state index in [0.29, 0.717) is 4.32 Å². The van der Waals surface area contributed by atoms with Crippen LogP contribution in [0.2, 0.25) is 0 Å². The van der Waals surface area contributed by atoms with Crippen molar-refractivity contribution in [2.45, 2.75) is 6.92 Å². The molecular weight excluding hydrogens is 260 g/mol. The van der Waals surface area contributed by atoms with Gasteiger partial charge in [-0.1, -0.05) is 30.0 Å². The number of nitro benzene ring substituents is 1. The summed E-state index contributed by atoms with van der Waals surface area (Å²) < 4.78 is 0.363. The minimum Gasteiger partial charge on any atom is -0.273 e. The lowest BCUT2D eigenvalue weighted by Gasteiger charge is -2.15. The molecule has 1 aromatic rings. The van der Waals surface area contributed by atoms with E-state index in [2.05, 4.69) is 0 Å². The van der Waals surface area contributed by atoms with Crippen molar-refractivity contribution in [2.75, 3.05) is 10.7 Å². The van der Waals surface area contributed by atoms with Gasteiger partial charge in [0.1, 0.15) is 10.0 Å². The smallest absolute Gasteiger partial charge is 0.273 e. The van der Waals surface area contributed by atoms with E-state index in [0.717, 1.165) is 5.56 Å². The second-order valence-corrected chi connectivity index (χ2v) is 5.14. The summed E-state index contributed by atoms with van der Waals surface area (Å²) in [7, 11) is 0. The Morgan fingerprint density at radius 3 is 2.76 bits per heavy atom. The zero-order valence-electron chi connectivity index (χ0n) is 8.87. The van der Waals surface area contributed by atoms with E-state index >= 15 is 0 Å². The summed E-state index contributed by atoms with van der Waals surface area (Å²) in [6, 6.07) is 4.72. The van der Waals surface area contributed by atoms with Gasteiger partial charge in [-0.25, -0.2) is 0 Å². The van der Waals surface area contributed by atoms with E-state index in [1.807, 2.05) is 0 Å². The first-order valence-electron chi connectivity index (χ1n) is 4.75.